The standard InChI is InChI=1S/C11H21NO2/c1-3-8-12(9-4-2)11(10(13)14)6-5-7-11/h3-9H2,1-2H3,(H,13,14). The molecule has 82 valence electrons. The van der Waals surface area contributed by atoms with E-state index in [0.717, 1.165) is 45.2 Å². The van der Waals surface area contributed by atoms with E-state index in [-0.39, 0.29) is 0 Å². The van der Waals surface area contributed by atoms with Gasteiger partial charge in [0.25, 0.3) is 0 Å². The topological polar surface area (TPSA) is 40.5 Å². The van der Waals surface area contributed by atoms with Gasteiger partial charge in [-0.25, -0.2) is 0 Å². The van der Waals surface area contributed by atoms with Crippen molar-refractivity contribution < 1.29 is 9.90 Å². The van der Waals surface area contributed by atoms with E-state index in [1.165, 1.54) is 0 Å². The molecule has 0 bridgehead atoms. The molecule has 0 aromatic carbocycles. The lowest BCUT2D eigenvalue weighted by Crippen LogP contribution is -2.59. The van der Waals surface area contributed by atoms with Gasteiger partial charge < -0.3 is 5.11 Å². The second-order valence-corrected chi connectivity index (χ2v) is 4.18. The molecule has 3 nitrogen and oxygen atoms in total. The highest BCUT2D eigenvalue weighted by molar-refractivity contribution is 5.80. The molecule has 1 rings (SSSR count). The maximum absolute atomic E-state index is 11.3. The van der Waals surface area contributed by atoms with Crippen molar-refractivity contribution in [3.8, 4) is 0 Å². The van der Waals surface area contributed by atoms with E-state index in [9.17, 15) is 9.90 Å². The monoisotopic (exact) mass is 199 g/mol. The van der Waals surface area contributed by atoms with Crippen LogP contribution in [-0.2, 0) is 4.79 Å². The molecule has 1 N–H and O–H groups in total. The fourth-order valence-corrected chi connectivity index (χ4v) is 2.26. The molecule has 1 fully saturated rings. The molecule has 0 amide bonds. The summed E-state index contributed by atoms with van der Waals surface area (Å²) in [5.41, 5.74) is -0.508. The zero-order valence-corrected chi connectivity index (χ0v) is 9.25. The van der Waals surface area contributed by atoms with Gasteiger partial charge >= 0.3 is 5.97 Å². The third-order valence-electron chi connectivity index (χ3n) is 3.17. The predicted octanol–water partition coefficient (Wildman–Crippen LogP) is 2.12. The molecule has 0 spiro atoms. The molecule has 0 unspecified atom stereocenters. The summed E-state index contributed by atoms with van der Waals surface area (Å²) >= 11 is 0. The van der Waals surface area contributed by atoms with E-state index >= 15 is 0 Å². The van der Waals surface area contributed by atoms with E-state index in [0.29, 0.717) is 0 Å². The molecule has 0 aromatic rings. The molecule has 1 aliphatic carbocycles. The lowest BCUT2D eigenvalue weighted by Gasteiger charge is -2.46. The van der Waals surface area contributed by atoms with Crippen LogP contribution < -0.4 is 0 Å². The molecule has 0 heterocycles. The van der Waals surface area contributed by atoms with Crippen LogP contribution in [0.15, 0.2) is 0 Å². The maximum atomic E-state index is 11.3. The molecular weight excluding hydrogens is 178 g/mol. The minimum absolute atomic E-state index is 0.508. The fourth-order valence-electron chi connectivity index (χ4n) is 2.26. The zero-order valence-electron chi connectivity index (χ0n) is 9.25. The number of nitrogens with zero attached hydrogens (tertiary/aromatic N) is 1. The normalized spacial score (nSPS) is 19.4. The van der Waals surface area contributed by atoms with Gasteiger partial charge in [-0.3, -0.25) is 9.69 Å². The Morgan fingerprint density at radius 1 is 1.29 bits per heavy atom. The quantitative estimate of drug-likeness (QED) is 0.712. The summed E-state index contributed by atoms with van der Waals surface area (Å²) in [6.45, 7) is 6.05. The highest BCUT2D eigenvalue weighted by Gasteiger charge is 2.48. The smallest absolute Gasteiger partial charge is 0.324 e. The van der Waals surface area contributed by atoms with Crippen LogP contribution in [-0.4, -0.2) is 34.6 Å². The molecule has 1 aliphatic rings. The van der Waals surface area contributed by atoms with E-state index in [2.05, 4.69) is 18.7 Å². The Hall–Kier alpha value is -0.570. The highest BCUT2D eigenvalue weighted by Crippen LogP contribution is 2.38. The van der Waals surface area contributed by atoms with Gasteiger partial charge in [0, 0.05) is 0 Å². The van der Waals surface area contributed by atoms with Crippen LogP contribution in [0.1, 0.15) is 46.0 Å². The summed E-state index contributed by atoms with van der Waals surface area (Å²) in [4.78, 5) is 13.4. The maximum Gasteiger partial charge on any atom is 0.324 e. The van der Waals surface area contributed by atoms with Crippen molar-refractivity contribution in [3.05, 3.63) is 0 Å². The SMILES string of the molecule is CCCN(CCC)C1(C(=O)O)CCC1. The Bertz CT molecular complexity index is 193. The second-order valence-electron chi connectivity index (χ2n) is 4.18. The molecule has 14 heavy (non-hydrogen) atoms. The molecule has 0 aliphatic heterocycles. The minimum Gasteiger partial charge on any atom is -0.480 e. The predicted molar refractivity (Wildman–Crippen MR) is 56.4 cm³/mol. The van der Waals surface area contributed by atoms with Crippen molar-refractivity contribution in [2.45, 2.75) is 51.5 Å². The summed E-state index contributed by atoms with van der Waals surface area (Å²) in [5.74, 6) is -0.620. The second kappa shape index (κ2) is 4.78. The summed E-state index contributed by atoms with van der Waals surface area (Å²) in [7, 11) is 0. The summed E-state index contributed by atoms with van der Waals surface area (Å²) in [5, 5.41) is 9.27. The first-order chi connectivity index (χ1) is 6.67. The number of carboxylic acid groups (broad SMARTS) is 1. The molecule has 3 heteroatoms. The number of rotatable bonds is 6. The van der Waals surface area contributed by atoms with Gasteiger partial charge in [-0.15, -0.1) is 0 Å². The van der Waals surface area contributed by atoms with Gasteiger partial charge in [0.2, 0.25) is 0 Å². The van der Waals surface area contributed by atoms with Crippen molar-refractivity contribution in [1.29, 1.82) is 0 Å². The Balaban J connectivity index is 2.67. The molecule has 0 saturated heterocycles. The average Bonchev–Trinajstić information content (AvgIpc) is 2.02. The first kappa shape index (κ1) is 11.5. The Kier molecular flexibility index (Phi) is 3.93. The highest BCUT2D eigenvalue weighted by atomic mass is 16.4. The van der Waals surface area contributed by atoms with Crippen LogP contribution in [0.2, 0.25) is 0 Å². The van der Waals surface area contributed by atoms with Gasteiger partial charge in [0.1, 0.15) is 5.54 Å². The lowest BCUT2D eigenvalue weighted by atomic mass is 9.75. The Morgan fingerprint density at radius 2 is 1.79 bits per heavy atom. The van der Waals surface area contributed by atoms with Gasteiger partial charge in [0.15, 0.2) is 0 Å². The number of carboxylic acids is 1. The average molecular weight is 199 g/mol. The first-order valence-electron chi connectivity index (χ1n) is 5.66. The Labute approximate surface area is 86.1 Å². The van der Waals surface area contributed by atoms with Crippen LogP contribution in [0.5, 0.6) is 0 Å². The van der Waals surface area contributed by atoms with Crippen LogP contribution in [0.25, 0.3) is 0 Å². The molecule has 0 atom stereocenters. The summed E-state index contributed by atoms with van der Waals surface area (Å²) < 4.78 is 0. The number of hydrogen-bond acceptors (Lipinski definition) is 2. The van der Waals surface area contributed by atoms with Crippen molar-refractivity contribution in [1.82, 2.24) is 4.90 Å². The number of hydrogen-bond donors (Lipinski definition) is 1. The molecule has 0 radical (unpaired) electrons. The van der Waals surface area contributed by atoms with E-state index in [4.69, 9.17) is 0 Å². The van der Waals surface area contributed by atoms with Crippen LogP contribution >= 0.6 is 0 Å². The third-order valence-corrected chi connectivity index (χ3v) is 3.17. The van der Waals surface area contributed by atoms with E-state index in [1.54, 1.807) is 0 Å². The van der Waals surface area contributed by atoms with Gasteiger partial charge in [0.05, 0.1) is 0 Å². The van der Waals surface area contributed by atoms with Crippen LogP contribution in [0.3, 0.4) is 0 Å². The zero-order chi connectivity index (χ0) is 10.6. The fraction of sp³-hybridized carbons (Fsp3) is 0.909. The van der Waals surface area contributed by atoms with E-state index < -0.39 is 11.5 Å². The van der Waals surface area contributed by atoms with Crippen molar-refractivity contribution in [2.75, 3.05) is 13.1 Å². The van der Waals surface area contributed by atoms with Gasteiger partial charge in [-0.05, 0) is 45.2 Å². The molecule has 0 aromatic heterocycles. The van der Waals surface area contributed by atoms with Crippen LogP contribution in [0.4, 0.5) is 0 Å². The first-order valence-corrected chi connectivity index (χ1v) is 5.66. The molecular formula is C11H21NO2. The minimum atomic E-state index is -0.620. The molecule has 1 saturated carbocycles. The van der Waals surface area contributed by atoms with Crippen molar-refractivity contribution in [2.24, 2.45) is 0 Å². The third kappa shape index (κ3) is 1.92. The largest absolute Gasteiger partial charge is 0.480 e. The van der Waals surface area contributed by atoms with Crippen molar-refractivity contribution >= 4 is 5.97 Å². The summed E-state index contributed by atoms with van der Waals surface area (Å²) in [6, 6.07) is 0. The summed E-state index contributed by atoms with van der Waals surface area (Å²) in [6.07, 6.45) is 4.81. The van der Waals surface area contributed by atoms with E-state index in [1.807, 2.05) is 0 Å². The number of aliphatic carboxylic acids is 1. The lowest BCUT2D eigenvalue weighted by molar-refractivity contribution is -0.158. The number of carbonyl (C=O) groups is 1. The van der Waals surface area contributed by atoms with Gasteiger partial charge in [-0.2, -0.15) is 0 Å². The van der Waals surface area contributed by atoms with Crippen molar-refractivity contribution in [3.63, 3.8) is 0 Å². The Morgan fingerprint density at radius 3 is 2.00 bits per heavy atom. The van der Waals surface area contributed by atoms with Crippen LogP contribution in [0, 0.1) is 0 Å². The van der Waals surface area contributed by atoms with Gasteiger partial charge in [-0.1, -0.05) is 13.8 Å².